The second kappa shape index (κ2) is 7.33. The molecular weight excluding hydrogens is 209 g/mol. The van der Waals surface area contributed by atoms with Gasteiger partial charge in [0, 0.05) is 26.9 Å². The minimum atomic E-state index is -0.265. The summed E-state index contributed by atoms with van der Waals surface area (Å²) in [6.07, 6.45) is 0.843. The topological polar surface area (TPSA) is 44.5 Å². The summed E-state index contributed by atoms with van der Waals surface area (Å²) in [6, 6.07) is 4.77. The Bertz CT molecular complexity index is 318. The average Bonchev–Trinajstić information content (AvgIpc) is 2.28. The molecule has 0 spiro atoms. The van der Waals surface area contributed by atoms with Crippen LogP contribution in [0, 0.1) is 5.82 Å². The number of halogens is 1. The second-order valence-corrected chi connectivity index (χ2v) is 3.57. The van der Waals surface area contributed by atoms with Crippen molar-refractivity contribution in [3.63, 3.8) is 0 Å². The summed E-state index contributed by atoms with van der Waals surface area (Å²) >= 11 is 0. The van der Waals surface area contributed by atoms with E-state index in [4.69, 9.17) is 15.2 Å². The van der Waals surface area contributed by atoms with E-state index in [1.54, 1.807) is 7.11 Å². The van der Waals surface area contributed by atoms with Crippen molar-refractivity contribution < 1.29 is 13.9 Å². The lowest BCUT2D eigenvalue weighted by Crippen LogP contribution is -2.02. The predicted molar refractivity (Wildman–Crippen MR) is 60.4 cm³/mol. The smallest absolute Gasteiger partial charge is 0.123 e. The van der Waals surface area contributed by atoms with Crippen LogP contribution in [-0.2, 0) is 22.6 Å². The third-order valence-electron chi connectivity index (χ3n) is 2.16. The van der Waals surface area contributed by atoms with Gasteiger partial charge in [-0.25, -0.2) is 4.39 Å². The van der Waals surface area contributed by atoms with Gasteiger partial charge in [-0.1, -0.05) is 6.07 Å². The molecule has 16 heavy (non-hydrogen) atoms. The highest BCUT2D eigenvalue weighted by Gasteiger charge is 2.00. The molecule has 1 rings (SSSR count). The molecule has 0 saturated heterocycles. The summed E-state index contributed by atoms with van der Waals surface area (Å²) in [6.45, 7) is 2.04. The molecule has 0 aliphatic carbocycles. The van der Waals surface area contributed by atoms with Crippen molar-refractivity contribution in [3.8, 4) is 0 Å². The molecule has 0 radical (unpaired) electrons. The number of methoxy groups -OCH3 is 1. The number of hydrogen-bond donors (Lipinski definition) is 1. The van der Waals surface area contributed by atoms with E-state index in [-0.39, 0.29) is 5.82 Å². The van der Waals surface area contributed by atoms with Gasteiger partial charge in [0.25, 0.3) is 0 Å². The van der Waals surface area contributed by atoms with E-state index in [0.29, 0.717) is 26.4 Å². The number of hydrogen-bond acceptors (Lipinski definition) is 3. The van der Waals surface area contributed by atoms with E-state index in [1.165, 1.54) is 12.1 Å². The van der Waals surface area contributed by atoms with Crippen LogP contribution in [0.4, 0.5) is 4.39 Å². The molecule has 0 aromatic heterocycles. The van der Waals surface area contributed by atoms with Crippen LogP contribution in [0.15, 0.2) is 18.2 Å². The maximum atomic E-state index is 13.1. The van der Waals surface area contributed by atoms with Gasteiger partial charge < -0.3 is 15.2 Å². The van der Waals surface area contributed by atoms with Crippen molar-refractivity contribution in [1.29, 1.82) is 0 Å². The van der Waals surface area contributed by atoms with Gasteiger partial charge in [-0.3, -0.25) is 0 Å². The average molecular weight is 227 g/mol. The van der Waals surface area contributed by atoms with Gasteiger partial charge in [0.2, 0.25) is 0 Å². The quantitative estimate of drug-likeness (QED) is 0.723. The molecular formula is C12H18FNO2. The Morgan fingerprint density at radius 3 is 2.62 bits per heavy atom. The lowest BCUT2D eigenvalue weighted by Gasteiger charge is -2.06. The highest BCUT2D eigenvalue weighted by molar-refractivity contribution is 5.24. The molecule has 2 N–H and O–H groups in total. The van der Waals surface area contributed by atoms with Crippen LogP contribution in [-0.4, -0.2) is 20.3 Å². The lowest BCUT2D eigenvalue weighted by atomic mass is 10.1. The van der Waals surface area contributed by atoms with Crippen molar-refractivity contribution in [3.05, 3.63) is 35.1 Å². The van der Waals surface area contributed by atoms with Gasteiger partial charge >= 0.3 is 0 Å². The van der Waals surface area contributed by atoms with Crippen LogP contribution in [0.25, 0.3) is 0 Å². The zero-order valence-electron chi connectivity index (χ0n) is 9.54. The molecule has 4 heteroatoms. The first-order valence-corrected chi connectivity index (χ1v) is 5.31. The van der Waals surface area contributed by atoms with Gasteiger partial charge in [-0.15, -0.1) is 0 Å². The standard InChI is InChI=1S/C12H18FNO2/c1-15-3-2-4-16-9-11-5-10(8-14)6-12(13)7-11/h5-7H,2-4,8-9,14H2,1H3. The first-order valence-electron chi connectivity index (χ1n) is 5.31. The Morgan fingerprint density at radius 2 is 1.94 bits per heavy atom. The minimum absolute atomic E-state index is 0.265. The zero-order chi connectivity index (χ0) is 11.8. The molecule has 0 amide bonds. The van der Waals surface area contributed by atoms with Crippen LogP contribution in [0.3, 0.4) is 0 Å². The Morgan fingerprint density at radius 1 is 1.19 bits per heavy atom. The maximum absolute atomic E-state index is 13.1. The molecule has 0 unspecified atom stereocenters. The summed E-state index contributed by atoms with van der Waals surface area (Å²) in [5.41, 5.74) is 7.06. The van der Waals surface area contributed by atoms with Crippen LogP contribution in [0.1, 0.15) is 17.5 Å². The lowest BCUT2D eigenvalue weighted by molar-refractivity contribution is 0.0927. The number of ether oxygens (including phenoxy) is 2. The van der Waals surface area contributed by atoms with Gasteiger partial charge in [0.15, 0.2) is 0 Å². The molecule has 0 fully saturated rings. The van der Waals surface area contributed by atoms with Crippen LogP contribution < -0.4 is 5.73 Å². The Balaban J connectivity index is 2.38. The number of rotatable bonds is 7. The summed E-state index contributed by atoms with van der Waals surface area (Å²) < 4.78 is 23.4. The predicted octanol–water partition coefficient (Wildman–Crippen LogP) is 1.84. The molecule has 90 valence electrons. The summed E-state index contributed by atoms with van der Waals surface area (Å²) in [4.78, 5) is 0. The van der Waals surface area contributed by atoms with E-state index < -0.39 is 0 Å². The van der Waals surface area contributed by atoms with Crippen molar-refractivity contribution in [2.75, 3.05) is 20.3 Å². The fourth-order valence-electron chi connectivity index (χ4n) is 1.41. The molecule has 0 saturated carbocycles. The van der Waals surface area contributed by atoms with Crippen molar-refractivity contribution in [1.82, 2.24) is 0 Å². The summed E-state index contributed by atoms with van der Waals surface area (Å²) in [5.74, 6) is -0.265. The maximum Gasteiger partial charge on any atom is 0.123 e. The Kier molecular flexibility index (Phi) is 6.00. The van der Waals surface area contributed by atoms with Gasteiger partial charge in [0.1, 0.15) is 5.82 Å². The van der Waals surface area contributed by atoms with E-state index in [9.17, 15) is 4.39 Å². The molecule has 1 aromatic rings. The van der Waals surface area contributed by atoms with Crippen molar-refractivity contribution in [2.45, 2.75) is 19.6 Å². The zero-order valence-corrected chi connectivity index (χ0v) is 9.54. The molecule has 0 heterocycles. The third-order valence-corrected chi connectivity index (χ3v) is 2.16. The molecule has 0 aliphatic rings. The first-order chi connectivity index (χ1) is 7.76. The normalized spacial score (nSPS) is 10.7. The third kappa shape index (κ3) is 4.70. The first kappa shape index (κ1) is 13.1. The monoisotopic (exact) mass is 227 g/mol. The summed E-state index contributed by atoms with van der Waals surface area (Å²) in [7, 11) is 1.65. The molecule has 0 bridgehead atoms. The molecule has 3 nitrogen and oxygen atoms in total. The molecule has 1 aromatic carbocycles. The van der Waals surface area contributed by atoms with E-state index in [1.807, 2.05) is 6.07 Å². The van der Waals surface area contributed by atoms with Gasteiger partial charge in [-0.05, 0) is 29.7 Å². The van der Waals surface area contributed by atoms with Gasteiger partial charge in [0.05, 0.1) is 6.61 Å². The largest absolute Gasteiger partial charge is 0.385 e. The van der Waals surface area contributed by atoms with Crippen LogP contribution in [0.5, 0.6) is 0 Å². The number of benzene rings is 1. The van der Waals surface area contributed by atoms with Crippen molar-refractivity contribution in [2.24, 2.45) is 5.73 Å². The number of nitrogens with two attached hydrogens (primary N) is 1. The fraction of sp³-hybridized carbons (Fsp3) is 0.500. The van der Waals surface area contributed by atoms with Crippen LogP contribution in [0.2, 0.25) is 0 Å². The molecule has 0 aliphatic heterocycles. The Hall–Kier alpha value is -0.970. The SMILES string of the molecule is COCCCOCc1cc(F)cc(CN)c1. The second-order valence-electron chi connectivity index (χ2n) is 3.57. The highest BCUT2D eigenvalue weighted by atomic mass is 19.1. The van der Waals surface area contributed by atoms with Crippen molar-refractivity contribution >= 4 is 0 Å². The summed E-state index contributed by atoms with van der Waals surface area (Å²) in [5, 5.41) is 0. The van der Waals surface area contributed by atoms with E-state index in [0.717, 1.165) is 17.5 Å². The van der Waals surface area contributed by atoms with E-state index in [2.05, 4.69) is 0 Å². The fourth-order valence-corrected chi connectivity index (χ4v) is 1.41. The van der Waals surface area contributed by atoms with E-state index >= 15 is 0 Å². The minimum Gasteiger partial charge on any atom is -0.385 e. The van der Waals surface area contributed by atoms with Crippen LogP contribution >= 0.6 is 0 Å². The highest BCUT2D eigenvalue weighted by Crippen LogP contribution is 2.10. The molecule has 0 atom stereocenters. The van der Waals surface area contributed by atoms with Gasteiger partial charge in [-0.2, -0.15) is 0 Å². The Labute approximate surface area is 95.4 Å².